The zero-order valence-corrected chi connectivity index (χ0v) is 24.3. The Morgan fingerprint density at radius 2 is 1.60 bits per heavy atom. The number of Topliss-reactive ketones (excluding diaryl/α,β-unsaturated/α-hetero) is 1. The van der Waals surface area contributed by atoms with E-state index in [9.17, 15) is 14.9 Å². The molecule has 1 unspecified atom stereocenters. The Morgan fingerprint density at radius 1 is 0.860 bits per heavy atom. The normalized spacial score (nSPS) is 15.8. The molecule has 214 valence electrons. The van der Waals surface area contributed by atoms with Crippen LogP contribution in [0.1, 0.15) is 45.9 Å². The zero-order chi connectivity index (χ0) is 29.9. The van der Waals surface area contributed by atoms with Gasteiger partial charge in [0, 0.05) is 35.2 Å². The van der Waals surface area contributed by atoms with Gasteiger partial charge < -0.3 is 5.32 Å². The van der Waals surface area contributed by atoms with Crippen LogP contribution in [-0.2, 0) is 6.42 Å². The van der Waals surface area contributed by atoms with E-state index in [0.29, 0.717) is 12.0 Å². The Labute approximate surface area is 250 Å². The average molecular weight is 568 g/mol. The topological polar surface area (TPSA) is 75.5 Å². The summed E-state index contributed by atoms with van der Waals surface area (Å²) in [7, 11) is 4.18. The standard InChI is InChI=1S/C27H24N2O3.C10H9N/c1-28(2)25-16-18-6-3-4-7-20(18)23-15-14-21-22(26(23)25)8-5-9-24(21)27(30)17-10-12-19(13-11-17)29(31)32;1-2-7-10-9(5-1)6-3-4-8-11-10/h3-4,6-7,10-16,25H,5,8-9H2,1-2H3;1-8,11H. The number of anilines is 1. The first-order chi connectivity index (χ1) is 20.9. The third-order valence-corrected chi connectivity index (χ3v) is 8.27. The SMILES string of the molecule is C1=CNc2ccccc2C=C1.CN(C)C1C=c2ccccc2=c2ccc3c(c21)CCCC=3C(=O)c1ccc([N+](=O)[O-])cc1. The van der Waals surface area contributed by atoms with Gasteiger partial charge in [0.25, 0.3) is 5.69 Å². The molecule has 4 aromatic carbocycles. The van der Waals surface area contributed by atoms with Gasteiger partial charge in [-0.2, -0.15) is 0 Å². The van der Waals surface area contributed by atoms with Gasteiger partial charge in [0.15, 0.2) is 5.78 Å². The Morgan fingerprint density at radius 3 is 2.40 bits per heavy atom. The van der Waals surface area contributed by atoms with Gasteiger partial charge >= 0.3 is 0 Å². The number of rotatable bonds is 4. The number of benzene rings is 4. The van der Waals surface area contributed by atoms with E-state index in [0.717, 1.165) is 29.3 Å². The number of ketones is 1. The van der Waals surface area contributed by atoms with E-state index < -0.39 is 4.92 Å². The maximum Gasteiger partial charge on any atom is 0.269 e. The summed E-state index contributed by atoms with van der Waals surface area (Å²) in [5, 5.41) is 18.9. The first-order valence-corrected chi connectivity index (χ1v) is 14.5. The highest BCUT2D eigenvalue weighted by atomic mass is 16.6. The molecule has 1 heterocycles. The van der Waals surface area contributed by atoms with Crippen molar-refractivity contribution in [2.24, 2.45) is 0 Å². The highest BCUT2D eigenvalue weighted by Gasteiger charge is 2.25. The lowest BCUT2D eigenvalue weighted by Crippen LogP contribution is -2.31. The number of para-hydroxylation sites is 1. The predicted octanol–water partition coefficient (Wildman–Crippen LogP) is 6.29. The zero-order valence-electron chi connectivity index (χ0n) is 24.3. The molecule has 0 bridgehead atoms. The summed E-state index contributed by atoms with van der Waals surface area (Å²) in [5.41, 5.74) is 6.24. The van der Waals surface area contributed by atoms with Crippen LogP contribution in [-0.4, -0.2) is 29.7 Å². The van der Waals surface area contributed by atoms with Crippen LogP contribution in [0.2, 0.25) is 0 Å². The molecule has 43 heavy (non-hydrogen) atoms. The molecule has 0 saturated heterocycles. The average Bonchev–Trinajstić information content (AvgIpc) is 3.29. The van der Waals surface area contributed by atoms with Crippen LogP contribution in [0.15, 0.2) is 103 Å². The van der Waals surface area contributed by atoms with Crippen LogP contribution in [0, 0.1) is 20.6 Å². The second-order valence-electron chi connectivity index (χ2n) is 11.1. The second kappa shape index (κ2) is 12.0. The van der Waals surface area contributed by atoms with E-state index in [1.54, 1.807) is 12.1 Å². The molecule has 0 saturated carbocycles. The Balaban J connectivity index is 0.000000250. The largest absolute Gasteiger partial charge is 0.361 e. The van der Waals surface area contributed by atoms with Crippen LogP contribution >= 0.6 is 0 Å². The van der Waals surface area contributed by atoms with Gasteiger partial charge in [0.2, 0.25) is 0 Å². The number of nitro benzene ring substituents is 1. The first-order valence-electron chi connectivity index (χ1n) is 14.5. The minimum atomic E-state index is -0.445. The monoisotopic (exact) mass is 567 g/mol. The van der Waals surface area contributed by atoms with Gasteiger partial charge in [-0.3, -0.25) is 19.8 Å². The lowest BCUT2D eigenvalue weighted by molar-refractivity contribution is -0.384. The molecule has 0 fully saturated rings. The summed E-state index contributed by atoms with van der Waals surface area (Å²) in [6.45, 7) is 0. The number of non-ortho nitro benzene ring substituents is 1. The lowest BCUT2D eigenvalue weighted by atomic mass is 9.82. The van der Waals surface area contributed by atoms with Crippen molar-refractivity contribution < 1.29 is 9.72 Å². The predicted molar refractivity (Wildman–Crippen MR) is 173 cm³/mol. The minimum Gasteiger partial charge on any atom is -0.361 e. The number of fused-ring (bicyclic) bond motifs is 5. The third kappa shape index (κ3) is 5.57. The number of nitrogens with one attached hydrogen (secondary N) is 1. The molecule has 4 aromatic rings. The molecule has 6 nitrogen and oxygen atoms in total. The molecule has 1 N–H and O–H groups in total. The van der Waals surface area contributed by atoms with E-state index in [1.165, 1.54) is 44.5 Å². The molecule has 0 aromatic heterocycles. The summed E-state index contributed by atoms with van der Waals surface area (Å²) in [4.78, 5) is 26.1. The van der Waals surface area contributed by atoms with Crippen molar-refractivity contribution in [1.29, 1.82) is 0 Å². The van der Waals surface area contributed by atoms with Crippen molar-refractivity contribution in [2.45, 2.75) is 25.3 Å². The summed E-state index contributed by atoms with van der Waals surface area (Å²) < 4.78 is 0. The number of nitro groups is 1. The molecule has 1 aliphatic heterocycles. The van der Waals surface area contributed by atoms with Crippen molar-refractivity contribution in [1.82, 2.24) is 4.90 Å². The molecule has 7 rings (SSSR count). The molecule has 3 aliphatic rings. The Hall–Kier alpha value is -5.07. The molecule has 6 heteroatoms. The van der Waals surface area contributed by atoms with E-state index in [4.69, 9.17) is 0 Å². The number of nitrogens with zero attached hydrogens (tertiary/aromatic N) is 2. The summed E-state index contributed by atoms with van der Waals surface area (Å²) >= 11 is 0. The molecule has 1 atom stereocenters. The van der Waals surface area contributed by atoms with Crippen molar-refractivity contribution in [2.75, 3.05) is 19.4 Å². The highest BCUT2D eigenvalue weighted by Crippen LogP contribution is 2.30. The smallest absolute Gasteiger partial charge is 0.269 e. The lowest BCUT2D eigenvalue weighted by Gasteiger charge is -2.29. The fraction of sp³-hybridized carbons (Fsp3) is 0.162. The third-order valence-electron chi connectivity index (χ3n) is 8.27. The fourth-order valence-electron chi connectivity index (χ4n) is 6.19. The van der Waals surface area contributed by atoms with Crippen molar-refractivity contribution in [3.8, 4) is 0 Å². The summed E-state index contributed by atoms with van der Waals surface area (Å²) in [6, 6.07) is 27.0. The number of carbonyl (C=O) groups is 1. The summed E-state index contributed by atoms with van der Waals surface area (Å²) in [5.74, 6) is -0.0395. The molecular formula is C37H33N3O3. The Bertz CT molecular complexity index is 2010. The van der Waals surface area contributed by atoms with Crippen molar-refractivity contribution in [3.05, 3.63) is 157 Å². The maximum absolute atomic E-state index is 13.4. The number of allylic oxidation sites excluding steroid dienone is 2. The van der Waals surface area contributed by atoms with Gasteiger partial charge in [-0.25, -0.2) is 0 Å². The maximum atomic E-state index is 13.4. The Kier molecular flexibility index (Phi) is 7.86. The highest BCUT2D eigenvalue weighted by molar-refractivity contribution is 6.24. The van der Waals surface area contributed by atoms with Crippen LogP contribution in [0.5, 0.6) is 0 Å². The molecule has 0 spiro atoms. The van der Waals surface area contributed by atoms with Gasteiger partial charge in [-0.05, 0) is 95.2 Å². The second-order valence-corrected chi connectivity index (χ2v) is 11.1. The van der Waals surface area contributed by atoms with E-state index in [2.05, 4.69) is 85.0 Å². The van der Waals surface area contributed by atoms with Crippen LogP contribution in [0.25, 0.3) is 17.7 Å². The van der Waals surface area contributed by atoms with Gasteiger partial charge in [0.05, 0.1) is 11.0 Å². The van der Waals surface area contributed by atoms with Crippen LogP contribution < -0.4 is 15.8 Å². The van der Waals surface area contributed by atoms with E-state index in [1.807, 2.05) is 30.5 Å². The van der Waals surface area contributed by atoms with Crippen LogP contribution in [0.4, 0.5) is 11.4 Å². The van der Waals surface area contributed by atoms with E-state index >= 15 is 0 Å². The minimum absolute atomic E-state index is 0.00677. The van der Waals surface area contributed by atoms with Gasteiger partial charge in [-0.1, -0.05) is 72.8 Å². The molecular weight excluding hydrogens is 534 g/mol. The van der Waals surface area contributed by atoms with E-state index in [-0.39, 0.29) is 17.5 Å². The van der Waals surface area contributed by atoms with Gasteiger partial charge in [0.1, 0.15) is 0 Å². The van der Waals surface area contributed by atoms with Crippen molar-refractivity contribution in [3.63, 3.8) is 0 Å². The molecule has 0 amide bonds. The summed E-state index contributed by atoms with van der Waals surface area (Å²) in [6.07, 6.45) is 12.9. The quantitative estimate of drug-likeness (QED) is 0.178. The van der Waals surface area contributed by atoms with Crippen molar-refractivity contribution >= 4 is 34.9 Å². The van der Waals surface area contributed by atoms with Crippen LogP contribution in [0.3, 0.4) is 0 Å². The van der Waals surface area contributed by atoms with Gasteiger partial charge in [-0.15, -0.1) is 0 Å². The molecule has 2 aliphatic carbocycles. The fourth-order valence-corrected chi connectivity index (χ4v) is 6.19. The molecule has 0 radical (unpaired) electrons. The number of hydrogen-bond acceptors (Lipinski definition) is 5. The first kappa shape index (κ1) is 28.1. The number of carbonyl (C=O) groups excluding carboxylic acids is 1. The number of hydrogen-bond donors (Lipinski definition) is 1.